The molecule has 1 N–H and O–H groups in total. The van der Waals surface area contributed by atoms with E-state index in [0.717, 1.165) is 15.7 Å². The number of rotatable bonds is 3. The molecule has 0 aliphatic carbocycles. The van der Waals surface area contributed by atoms with Crippen LogP contribution in [0.15, 0.2) is 48.5 Å². The lowest BCUT2D eigenvalue weighted by molar-refractivity contribution is 0.102. The van der Waals surface area contributed by atoms with Crippen molar-refractivity contribution in [1.82, 2.24) is 0 Å². The molecule has 0 saturated heterocycles. The minimum Gasteiger partial charge on any atom is -0.322 e. The molecular weight excluding hydrogens is 337 g/mol. The second kappa shape index (κ2) is 6.00. The van der Waals surface area contributed by atoms with E-state index < -0.39 is 0 Å². The van der Waals surface area contributed by atoms with E-state index in [9.17, 15) is 4.79 Å². The molecule has 0 radical (unpaired) electrons. The van der Waals surface area contributed by atoms with Gasteiger partial charge in [-0.25, -0.2) is 0 Å². The van der Waals surface area contributed by atoms with Crippen molar-refractivity contribution in [2.24, 2.45) is 0 Å². The molecule has 0 atom stereocenters. The molecule has 0 aliphatic heterocycles. The lowest BCUT2D eigenvalue weighted by Gasteiger charge is -2.06. The molecule has 2 aromatic rings. The molecule has 0 spiro atoms. The molecule has 0 unspecified atom stereocenters. The molecule has 2 aromatic carbocycles. The van der Waals surface area contributed by atoms with E-state index in [0.29, 0.717) is 5.56 Å². The zero-order valence-electron chi connectivity index (χ0n) is 10.1. The Balaban J connectivity index is 2.11. The lowest BCUT2D eigenvalue weighted by atomic mass is 10.1. The standard InChI is InChI=1S/C15H14INO/c1-2-11-6-8-12(9-7-11)15(18)17-14-5-3-4-13(16)10-14/h3-10H,2H2,1H3,(H,17,18). The summed E-state index contributed by atoms with van der Waals surface area (Å²) in [6, 6.07) is 15.5. The van der Waals surface area contributed by atoms with Gasteiger partial charge in [0.2, 0.25) is 0 Å². The van der Waals surface area contributed by atoms with Crippen LogP contribution < -0.4 is 5.32 Å². The van der Waals surface area contributed by atoms with Crippen molar-refractivity contribution in [3.63, 3.8) is 0 Å². The first-order valence-corrected chi connectivity index (χ1v) is 6.93. The zero-order valence-corrected chi connectivity index (χ0v) is 12.3. The summed E-state index contributed by atoms with van der Waals surface area (Å²) in [7, 11) is 0. The number of hydrogen-bond donors (Lipinski definition) is 1. The van der Waals surface area contributed by atoms with E-state index in [4.69, 9.17) is 0 Å². The van der Waals surface area contributed by atoms with E-state index in [1.54, 1.807) is 0 Å². The van der Waals surface area contributed by atoms with Crippen LogP contribution in [0.2, 0.25) is 0 Å². The SMILES string of the molecule is CCc1ccc(C(=O)Nc2cccc(I)c2)cc1. The Kier molecular flexibility index (Phi) is 4.36. The molecule has 92 valence electrons. The summed E-state index contributed by atoms with van der Waals surface area (Å²) < 4.78 is 1.10. The minimum atomic E-state index is -0.0698. The number of amides is 1. The number of benzene rings is 2. The van der Waals surface area contributed by atoms with Crippen LogP contribution in [0.4, 0.5) is 5.69 Å². The summed E-state index contributed by atoms with van der Waals surface area (Å²) >= 11 is 2.22. The van der Waals surface area contributed by atoms with Gasteiger partial charge in [-0.3, -0.25) is 4.79 Å². The highest BCUT2D eigenvalue weighted by Gasteiger charge is 2.05. The molecule has 0 saturated carbocycles. The van der Waals surface area contributed by atoms with Gasteiger partial charge < -0.3 is 5.32 Å². The van der Waals surface area contributed by atoms with Gasteiger partial charge >= 0.3 is 0 Å². The molecule has 2 nitrogen and oxygen atoms in total. The average Bonchev–Trinajstić information content (AvgIpc) is 2.39. The number of nitrogens with one attached hydrogen (secondary N) is 1. The van der Waals surface area contributed by atoms with Crippen LogP contribution in [0.5, 0.6) is 0 Å². The highest BCUT2D eigenvalue weighted by molar-refractivity contribution is 14.1. The highest BCUT2D eigenvalue weighted by atomic mass is 127. The van der Waals surface area contributed by atoms with E-state index in [1.807, 2.05) is 48.5 Å². The summed E-state index contributed by atoms with van der Waals surface area (Å²) in [6.45, 7) is 2.10. The lowest BCUT2D eigenvalue weighted by Crippen LogP contribution is -2.11. The minimum absolute atomic E-state index is 0.0698. The number of carbonyl (C=O) groups excluding carboxylic acids is 1. The Bertz CT molecular complexity index is 549. The van der Waals surface area contributed by atoms with Crippen molar-refractivity contribution in [3.05, 3.63) is 63.2 Å². The molecule has 3 heteroatoms. The topological polar surface area (TPSA) is 29.1 Å². The number of anilines is 1. The van der Waals surface area contributed by atoms with Gasteiger partial charge in [0.05, 0.1) is 0 Å². The van der Waals surface area contributed by atoms with E-state index >= 15 is 0 Å². The molecular formula is C15H14INO. The predicted octanol–water partition coefficient (Wildman–Crippen LogP) is 4.11. The zero-order chi connectivity index (χ0) is 13.0. The summed E-state index contributed by atoms with van der Waals surface area (Å²) in [5.74, 6) is -0.0698. The number of aryl methyl sites for hydroxylation is 1. The van der Waals surface area contributed by atoms with Crippen LogP contribution in [0.25, 0.3) is 0 Å². The van der Waals surface area contributed by atoms with Crippen molar-refractivity contribution in [3.8, 4) is 0 Å². The van der Waals surface area contributed by atoms with Gasteiger partial charge in [-0.2, -0.15) is 0 Å². The fraction of sp³-hybridized carbons (Fsp3) is 0.133. The maximum absolute atomic E-state index is 12.0. The van der Waals surface area contributed by atoms with E-state index in [1.165, 1.54) is 5.56 Å². The summed E-state index contributed by atoms with van der Waals surface area (Å²) in [5.41, 5.74) is 2.75. The van der Waals surface area contributed by atoms with Crippen LogP contribution in [0.1, 0.15) is 22.8 Å². The summed E-state index contributed by atoms with van der Waals surface area (Å²) in [6.07, 6.45) is 0.985. The molecule has 0 heterocycles. The molecule has 0 fully saturated rings. The third-order valence-electron chi connectivity index (χ3n) is 2.71. The molecule has 0 aliphatic rings. The second-order valence-corrected chi connectivity index (χ2v) is 5.26. The second-order valence-electron chi connectivity index (χ2n) is 4.01. The first kappa shape index (κ1) is 13.1. The summed E-state index contributed by atoms with van der Waals surface area (Å²) in [4.78, 5) is 12.0. The smallest absolute Gasteiger partial charge is 0.255 e. The summed E-state index contributed by atoms with van der Waals surface area (Å²) in [5, 5.41) is 2.89. The van der Waals surface area contributed by atoms with Gasteiger partial charge in [0.25, 0.3) is 5.91 Å². The van der Waals surface area contributed by atoms with Crippen molar-refractivity contribution >= 4 is 34.2 Å². The Labute approximate surface area is 121 Å². The highest BCUT2D eigenvalue weighted by Crippen LogP contribution is 2.14. The van der Waals surface area contributed by atoms with Crippen LogP contribution in [-0.2, 0) is 6.42 Å². The quantitative estimate of drug-likeness (QED) is 0.829. The first-order chi connectivity index (χ1) is 8.69. The van der Waals surface area contributed by atoms with Crippen LogP contribution >= 0.6 is 22.6 Å². The van der Waals surface area contributed by atoms with Gasteiger partial charge in [0, 0.05) is 14.8 Å². The number of carbonyl (C=O) groups is 1. The maximum atomic E-state index is 12.0. The Morgan fingerprint density at radius 1 is 1.17 bits per heavy atom. The van der Waals surface area contributed by atoms with E-state index in [2.05, 4.69) is 34.8 Å². The normalized spacial score (nSPS) is 10.1. The third-order valence-corrected chi connectivity index (χ3v) is 3.38. The predicted molar refractivity (Wildman–Crippen MR) is 82.9 cm³/mol. The van der Waals surface area contributed by atoms with Crippen molar-refractivity contribution in [1.29, 1.82) is 0 Å². The first-order valence-electron chi connectivity index (χ1n) is 5.85. The van der Waals surface area contributed by atoms with Gasteiger partial charge in [-0.1, -0.05) is 25.1 Å². The number of halogens is 1. The third kappa shape index (κ3) is 3.32. The fourth-order valence-electron chi connectivity index (χ4n) is 1.66. The van der Waals surface area contributed by atoms with Crippen molar-refractivity contribution in [2.45, 2.75) is 13.3 Å². The fourth-order valence-corrected chi connectivity index (χ4v) is 2.20. The van der Waals surface area contributed by atoms with Gasteiger partial charge in [-0.05, 0) is 64.9 Å². The molecule has 2 rings (SSSR count). The molecule has 0 bridgehead atoms. The maximum Gasteiger partial charge on any atom is 0.255 e. The van der Waals surface area contributed by atoms with Gasteiger partial charge in [0.1, 0.15) is 0 Å². The largest absolute Gasteiger partial charge is 0.322 e. The van der Waals surface area contributed by atoms with Crippen molar-refractivity contribution in [2.75, 3.05) is 5.32 Å². The van der Waals surface area contributed by atoms with Gasteiger partial charge in [0.15, 0.2) is 0 Å². The Morgan fingerprint density at radius 2 is 1.89 bits per heavy atom. The van der Waals surface area contributed by atoms with E-state index in [-0.39, 0.29) is 5.91 Å². The monoisotopic (exact) mass is 351 g/mol. The van der Waals surface area contributed by atoms with Crippen LogP contribution in [0, 0.1) is 3.57 Å². The van der Waals surface area contributed by atoms with Crippen molar-refractivity contribution < 1.29 is 4.79 Å². The van der Waals surface area contributed by atoms with Crippen LogP contribution in [-0.4, -0.2) is 5.91 Å². The number of hydrogen-bond acceptors (Lipinski definition) is 1. The Morgan fingerprint density at radius 3 is 2.50 bits per heavy atom. The Hall–Kier alpha value is -1.36. The van der Waals surface area contributed by atoms with Crippen LogP contribution in [0.3, 0.4) is 0 Å². The molecule has 1 amide bonds. The molecule has 0 aromatic heterocycles. The molecule has 18 heavy (non-hydrogen) atoms. The van der Waals surface area contributed by atoms with Gasteiger partial charge in [-0.15, -0.1) is 0 Å². The average molecular weight is 351 g/mol.